The van der Waals surface area contributed by atoms with Gasteiger partial charge in [0.05, 0.1) is 6.20 Å². The zero-order valence-corrected chi connectivity index (χ0v) is 12.6. The summed E-state index contributed by atoms with van der Waals surface area (Å²) < 4.78 is 8.59. The summed E-state index contributed by atoms with van der Waals surface area (Å²) in [6.07, 6.45) is 2.63. The van der Waals surface area contributed by atoms with E-state index in [2.05, 4.69) is 26.2 Å². The molecule has 0 saturated heterocycles. The van der Waals surface area contributed by atoms with E-state index in [1.54, 1.807) is 4.68 Å². The number of nitrogens with two attached hydrogens (primary N) is 1. The molecule has 2 N–H and O–H groups in total. The summed E-state index contributed by atoms with van der Waals surface area (Å²) in [4.78, 5) is 0. The highest BCUT2D eigenvalue weighted by molar-refractivity contribution is 9.10. The Balaban J connectivity index is 2.18. The molecule has 0 spiro atoms. The Hall–Kier alpha value is -1.40. The molecule has 0 amide bonds. The molecule has 0 saturated carbocycles. The van der Waals surface area contributed by atoms with Crippen LogP contribution in [-0.2, 0) is 20.1 Å². The fourth-order valence-corrected chi connectivity index (χ4v) is 2.57. The third-order valence-electron chi connectivity index (χ3n) is 2.74. The molecular formula is C13H17BrN4O. The smallest absolute Gasteiger partial charge is 0.134 e. The van der Waals surface area contributed by atoms with E-state index in [1.165, 1.54) is 0 Å². The summed E-state index contributed by atoms with van der Waals surface area (Å²) >= 11 is 3.49. The number of rotatable bonds is 5. The first kappa shape index (κ1) is 14.0. The lowest BCUT2D eigenvalue weighted by Gasteiger charge is -2.13. The fraction of sp³-hybridized carbons (Fsp3) is 0.385. The number of hydrogen-bond donors (Lipinski definition) is 1. The molecule has 2 rings (SSSR count). The molecule has 1 heterocycles. The Morgan fingerprint density at radius 1 is 1.42 bits per heavy atom. The number of ether oxygens (including phenoxy) is 1. The van der Waals surface area contributed by atoms with Crippen molar-refractivity contribution in [1.29, 1.82) is 0 Å². The van der Waals surface area contributed by atoms with Crippen LogP contribution < -0.4 is 10.5 Å². The molecule has 5 nitrogen and oxygen atoms in total. The van der Waals surface area contributed by atoms with Gasteiger partial charge in [0.15, 0.2) is 0 Å². The summed E-state index contributed by atoms with van der Waals surface area (Å²) in [5.41, 5.74) is 8.65. The third kappa shape index (κ3) is 3.54. The zero-order chi connectivity index (χ0) is 13.8. The van der Waals surface area contributed by atoms with E-state index in [1.807, 2.05) is 32.3 Å². The molecule has 6 heteroatoms. The first-order valence-corrected chi connectivity index (χ1v) is 6.86. The molecule has 19 heavy (non-hydrogen) atoms. The highest BCUT2D eigenvalue weighted by Crippen LogP contribution is 2.29. The van der Waals surface area contributed by atoms with Crippen LogP contribution >= 0.6 is 15.9 Å². The largest absolute Gasteiger partial charge is 0.487 e. The highest BCUT2D eigenvalue weighted by atomic mass is 79.9. The van der Waals surface area contributed by atoms with E-state index in [9.17, 15) is 0 Å². The Labute approximate surface area is 120 Å². The summed E-state index contributed by atoms with van der Waals surface area (Å²) in [6, 6.07) is 4.08. The zero-order valence-electron chi connectivity index (χ0n) is 11.1. The van der Waals surface area contributed by atoms with Crippen LogP contribution in [0.25, 0.3) is 0 Å². The van der Waals surface area contributed by atoms with Crippen LogP contribution in [0.4, 0.5) is 0 Å². The van der Waals surface area contributed by atoms with Crippen molar-refractivity contribution >= 4 is 15.9 Å². The van der Waals surface area contributed by atoms with Gasteiger partial charge in [0, 0.05) is 11.5 Å². The lowest BCUT2D eigenvalue weighted by atomic mass is 10.1. The minimum absolute atomic E-state index is 0.411. The Morgan fingerprint density at radius 3 is 2.84 bits per heavy atom. The van der Waals surface area contributed by atoms with Crippen molar-refractivity contribution in [2.75, 3.05) is 6.54 Å². The van der Waals surface area contributed by atoms with E-state index in [-0.39, 0.29) is 0 Å². The van der Waals surface area contributed by atoms with Gasteiger partial charge < -0.3 is 10.5 Å². The number of aromatic nitrogens is 3. The molecule has 0 bridgehead atoms. The van der Waals surface area contributed by atoms with E-state index < -0.39 is 0 Å². The monoisotopic (exact) mass is 324 g/mol. The van der Waals surface area contributed by atoms with Crippen molar-refractivity contribution in [2.24, 2.45) is 12.8 Å². The molecule has 0 fully saturated rings. The molecule has 102 valence electrons. The summed E-state index contributed by atoms with van der Waals surface area (Å²) in [5, 5.41) is 7.89. The lowest BCUT2D eigenvalue weighted by molar-refractivity contribution is 0.296. The molecule has 0 radical (unpaired) electrons. The molecule has 0 unspecified atom stereocenters. The second kappa shape index (κ2) is 6.16. The van der Waals surface area contributed by atoms with E-state index in [4.69, 9.17) is 10.5 Å². The number of benzene rings is 1. The Bertz CT molecular complexity index is 568. The minimum Gasteiger partial charge on any atom is -0.487 e. The van der Waals surface area contributed by atoms with E-state index in [0.717, 1.165) is 33.5 Å². The van der Waals surface area contributed by atoms with Crippen LogP contribution in [0.5, 0.6) is 5.75 Å². The van der Waals surface area contributed by atoms with Gasteiger partial charge in [-0.25, -0.2) is 0 Å². The Kier molecular flexibility index (Phi) is 4.55. The van der Waals surface area contributed by atoms with E-state index >= 15 is 0 Å². The average Bonchev–Trinajstić information content (AvgIpc) is 2.74. The van der Waals surface area contributed by atoms with Gasteiger partial charge in [-0.15, -0.1) is 5.10 Å². The lowest BCUT2D eigenvalue weighted by Crippen LogP contribution is -2.07. The quantitative estimate of drug-likeness (QED) is 0.913. The average molecular weight is 325 g/mol. The van der Waals surface area contributed by atoms with E-state index in [0.29, 0.717) is 13.2 Å². The molecule has 0 atom stereocenters. The standard InChI is InChI=1S/C13H17BrN4O/c1-9-5-11(14)6-10(3-4-15)13(9)19-8-12-7-18(2)17-16-12/h5-7H,3-4,8,15H2,1-2H3. The van der Waals surface area contributed by atoms with Gasteiger partial charge in [-0.1, -0.05) is 21.1 Å². The maximum Gasteiger partial charge on any atom is 0.134 e. The van der Waals surface area contributed by atoms with Gasteiger partial charge in [-0.2, -0.15) is 0 Å². The number of hydrogen-bond acceptors (Lipinski definition) is 4. The predicted molar refractivity (Wildman–Crippen MR) is 77.0 cm³/mol. The van der Waals surface area contributed by atoms with Crippen molar-refractivity contribution < 1.29 is 4.74 Å². The van der Waals surface area contributed by atoms with Crippen LogP contribution in [0.2, 0.25) is 0 Å². The SMILES string of the molecule is Cc1cc(Br)cc(CCN)c1OCc1cn(C)nn1. The van der Waals surface area contributed by atoms with Crippen molar-refractivity contribution in [1.82, 2.24) is 15.0 Å². The van der Waals surface area contributed by atoms with Crippen molar-refractivity contribution in [3.63, 3.8) is 0 Å². The second-order valence-corrected chi connectivity index (χ2v) is 5.34. The molecular weight excluding hydrogens is 308 g/mol. The van der Waals surface area contributed by atoms with Gasteiger partial charge in [0.1, 0.15) is 18.1 Å². The minimum atomic E-state index is 0.411. The molecule has 0 aliphatic rings. The second-order valence-electron chi connectivity index (χ2n) is 4.42. The first-order valence-electron chi connectivity index (χ1n) is 6.07. The van der Waals surface area contributed by atoms with Gasteiger partial charge in [0.25, 0.3) is 0 Å². The maximum atomic E-state index is 5.88. The van der Waals surface area contributed by atoms with Crippen LogP contribution in [0.3, 0.4) is 0 Å². The van der Waals surface area contributed by atoms with Crippen LogP contribution in [0.1, 0.15) is 16.8 Å². The molecule has 0 aliphatic heterocycles. The first-order chi connectivity index (χ1) is 9.10. The van der Waals surface area contributed by atoms with Gasteiger partial charge in [-0.05, 0) is 43.1 Å². The summed E-state index contributed by atoms with van der Waals surface area (Å²) in [5.74, 6) is 0.888. The normalized spacial score (nSPS) is 10.7. The fourth-order valence-electron chi connectivity index (χ4n) is 1.95. The molecule has 1 aromatic heterocycles. The van der Waals surface area contributed by atoms with Crippen LogP contribution in [0, 0.1) is 6.92 Å². The molecule has 0 aliphatic carbocycles. The Morgan fingerprint density at radius 2 is 2.21 bits per heavy atom. The summed E-state index contributed by atoms with van der Waals surface area (Å²) in [7, 11) is 1.83. The number of aryl methyl sites for hydroxylation is 2. The van der Waals surface area contributed by atoms with Crippen LogP contribution in [0.15, 0.2) is 22.8 Å². The van der Waals surface area contributed by atoms with Gasteiger partial charge >= 0.3 is 0 Å². The highest BCUT2D eigenvalue weighted by Gasteiger charge is 2.10. The predicted octanol–water partition coefficient (Wildman–Crippen LogP) is 1.97. The molecule has 1 aromatic carbocycles. The molecule has 2 aromatic rings. The van der Waals surface area contributed by atoms with Gasteiger partial charge in [-0.3, -0.25) is 4.68 Å². The van der Waals surface area contributed by atoms with Crippen molar-refractivity contribution in [3.8, 4) is 5.75 Å². The topological polar surface area (TPSA) is 66.0 Å². The van der Waals surface area contributed by atoms with Crippen LogP contribution in [-0.4, -0.2) is 21.5 Å². The number of nitrogens with zero attached hydrogens (tertiary/aromatic N) is 3. The maximum absolute atomic E-state index is 5.88. The van der Waals surface area contributed by atoms with Crippen molar-refractivity contribution in [3.05, 3.63) is 39.6 Å². The third-order valence-corrected chi connectivity index (χ3v) is 3.20. The van der Waals surface area contributed by atoms with Crippen molar-refractivity contribution in [2.45, 2.75) is 20.0 Å². The van der Waals surface area contributed by atoms with Gasteiger partial charge in [0.2, 0.25) is 0 Å². The summed E-state index contributed by atoms with van der Waals surface area (Å²) in [6.45, 7) is 3.03. The number of halogens is 1.